The van der Waals surface area contributed by atoms with E-state index in [-0.39, 0.29) is 16.6 Å². The SMILES string of the molecule is Cc1cc(F)cc(C(CSC(C)(C)C)NN)c1. The highest BCUT2D eigenvalue weighted by atomic mass is 32.2. The molecule has 3 N–H and O–H groups in total. The monoisotopic (exact) mass is 256 g/mol. The quantitative estimate of drug-likeness (QED) is 0.642. The molecule has 96 valence electrons. The molecule has 0 bridgehead atoms. The summed E-state index contributed by atoms with van der Waals surface area (Å²) in [6.45, 7) is 8.35. The molecule has 0 aliphatic heterocycles. The Bertz CT molecular complexity index is 354. The first-order valence-electron chi connectivity index (χ1n) is 5.69. The minimum Gasteiger partial charge on any atom is -0.271 e. The van der Waals surface area contributed by atoms with E-state index in [1.165, 1.54) is 6.07 Å². The molecule has 1 aromatic carbocycles. The van der Waals surface area contributed by atoms with Gasteiger partial charge in [0.05, 0.1) is 6.04 Å². The van der Waals surface area contributed by atoms with E-state index in [1.54, 1.807) is 6.07 Å². The number of hydrogen-bond donors (Lipinski definition) is 2. The Morgan fingerprint density at radius 2 is 2.00 bits per heavy atom. The van der Waals surface area contributed by atoms with Gasteiger partial charge in [0.2, 0.25) is 0 Å². The van der Waals surface area contributed by atoms with E-state index < -0.39 is 0 Å². The number of hydrogen-bond acceptors (Lipinski definition) is 3. The first-order chi connectivity index (χ1) is 7.81. The predicted molar refractivity (Wildman–Crippen MR) is 73.4 cm³/mol. The maximum Gasteiger partial charge on any atom is 0.123 e. The second-order valence-corrected chi connectivity index (χ2v) is 7.05. The van der Waals surface area contributed by atoms with Gasteiger partial charge >= 0.3 is 0 Å². The number of nitrogens with one attached hydrogen (secondary N) is 1. The van der Waals surface area contributed by atoms with Crippen molar-refractivity contribution < 1.29 is 4.39 Å². The number of nitrogens with two attached hydrogens (primary N) is 1. The molecule has 1 aromatic rings. The summed E-state index contributed by atoms with van der Waals surface area (Å²) in [7, 11) is 0. The molecular weight excluding hydrogens is 235 g/mol. The Balaban J connectivity index is 2.79. The van der Waals surface area contributed by atoms with E-state index in [0.717, 1.165) is 16.9 Å². The minimum absolute atomic E-state index is 0.0198. The molecule has 0 aromatic heterocycles. The van der Waals surface area contributed by atoms with Crippen LogP contribution in [0.1, 0.15) is 37.9 Å². The highest BCUT2D eigenvalue weighted by Crippen LogP contribution is 2.28. The van der Waals surface area contributed by atoms with Crippen molar-refractivity contribution in [3.63, 3.8) is 0 Å². The average Bonchev–Trinajstić information content (AvgIpc) is 2.15. The van der Waals surface area contributed by atoms with Crippen LogP contribution in [0.2, 0.25) is 0 Å². The van der Waals surface area contributed by atoms with Crippen molar-refractivity contribution in [2.45, 2.75) is 38.5 Å². The summed E-state index contributed by atoms with van der Waals surface area (Å²) < 4.78 is 13.5. The normalized spacial score (nSPS) is 13.8. The van der Waals surface area contributed by atoms with Crippen LogP contribution in [0.5, 0.6) is 0 Å². The highest BCUT2D eigenvalue weighted by Gasteiger charge is 2.17. The molecular formula is C13H21FN2S. The highest BCUT2D eigenvalue weighted by molar-refractivity contribution is 8.00. The van der Waals surface area contributed by atoms with Crippen LogP contribution in [0.4, 0.5) is 4.39 Å². The van der Waals surface area contributed by atoms with Crippen molar-refractivity contribution >= 4 is 11.8 Å². The number of thioether (sulfide) groups is 1. The third-order valence-corrected chi connectivity index (χ3v) is 3.72. The Hall–Kier alpha value is -0.580. The summed E-state index contributed by atoms with van der Waals surface area (Å²) in [5, 5.41) is 0. The molecule has 0 aliphatic rings. The van der Waals surface area contributed by atoms with Crippen molar-refractivity contribution in [3.05, 3.63) is 35.1 Å². The van der Waals surface area contributed by atoms with Crippen LogP contribution in [0.25, 0.3) is 0 Å². The van der Waals surface area contributed by atoms with Crippen molar-refractivity contribution in [2.75, 3.05) is 5.75 Å². The van der Waals surface area contributed by atoms with Gasteiger partial charge in [0.15, 0.2) is 0 Å². The molecule has 4 heteroatoms. The zero-order chi connectivity index (χ0) is 13.1. The van der Waals surface area contributed by atoms with Gasteiger partial charge in [-0.05, 0) is 30.2 Å². The molecule has 0 radical (unpaired) electrons. The van der Waals surface area contributed by atoms with Crippen LogP contribution in [0, 0.1) is 12.7 Å². The van der Waals surface area contributed by atoms with E-state index in [1.807, 2.05) is 24.8 Å². The van der Waals surface area contributed by atoms with Crippen molar-refractivity contribution in [1.29, 1.82) is 0 Å². The summed E-state index contributed by atoms with van der Waals surface area (Å²) in [5.74, 6) is 6.16. The molecule has 17 heavy (non-hydrogen) atoms. The van der Waals surface area contributed by atoms with Gasteiger partial charge in [-0.3, -0.25) is 11.3 Å². The molecule has 0 spiro atoms. The Morgan fingerprint density at radius 3 is 2.47 bits per heavy atom. The van der Waals surface area contributed by atoms with E-state index in [0.29, 0.717) is 0 Å². The fourth-order valence-corrected chi connectivity index (χ4v) is 2.50. The van der Waals surface area contributed by atoms with Gasteiger partial charge in [0, 0.05) is 10.5 Å². The minimum atomic E-state index is -0.207. The second kappa shape index (κ2) is 5.85. The lowest BCUT2D eigenvalue weighted by molar-refractivity contribution is 0.588. The zero-order valence-electron chi connectivity index (χ0n) is 10.9. The van der Waals surface area contributed by atoms with Crippen LogP contribution in [0.3, 0.4) is 0 Å². The zero-order valence-corrected chi connectivity index (χ0v) is 11.7. The molecule has 2 nitrogen and oxygen atoms in total. The van der Waals surface area contributed by atoms with Crippen molar-refractivity contribution in [2.24, 2.45) is 5.84 Å². The molecule has 0 fully saturated rings. The molecule has 1 atom stereocenters. The van der Waals surface area contributed by atoms with Gasteiger partial charge < -0.3 is 0 Å². The van der Waals surface area contributed by atoms with Gasteiger partial charge in [0.25, 0.3) is 0 Å². The third kappa shape index (κ3) is 5.06. The number of aryl methyl sites for hydroxylation is 1. The van der Waals surface area contributed by atoms with Crippen LogP contribution < -0.4 is 11.3 Å². The number of benzene rings is 1. The molecule has 1 unspecified atom stereocenters. The van der Waals surface area contributed by atoms with Gasteiger partial charge in [-0.2, -0.15) is 11.8 Å². The first-order valence-corrected chi connectivity index (χ1v) is 6.67. The van der Waals surface area contributed by atoms with E-state index in [4.69, 9.17) is 5.84 Å². The van der Waals surface area contributed by atoms with Gasteiger partial charge in [-0.1, -0.05) is 26.8 Å². The Kier molecular flexibility index (Phi) is 4.98. The van der Waals surface area contributed by atoms with Crippen LogP contribution in [-0.2, 0) is 0 Å². The lowest BCUT2D eigenvalue weighted by atomic mass is 10.1. The molecule has 0 amide bonds. The van der Waals surface area contributed by atoms with E-state index >= 15 is 0 Å². The van der Waals surface area contributed by atoms with Gasteiger partial charge in [-0.25, -0.2) is 4.39 Å². The van der Waals surface area contributed by atoms with Crippen molar-refractivity contribution in [1.82, 2.24) is 5.43 Å². The standard InChI is InChI=1S/C13H21FN2S/c1-9-5-10(7-11(14)6-9)12(16-15)8-17-13(2,3)4/h5-7,12,16H,8,15H2,1-4H3. The topological polar surface area (TPSA) is 38.0 Å². The maximum atomic E-state index is 13.3. The van der Waals surface area contributed by atoms with Crippen LogP contribution in [0.15, 0.2) is 18.2 Å². The fourth-order valence-electron chi connectivity index (χ4n) is 1.54. The second-order valence-electron chi connectivity index (χ2n) is 5.20. The summed E-state index contributed by atoms with van der Waals surface area (Å²) in [6.07, 6.45) is 0. The molecule has 1 rings (SSSR count). The third-order valence-electron chi connectivity index (χ3n) is 2.35. The summed E-state index contributed by atoms with van der Waals surface area (Å²) in [5.41, 5.74) is 4.58. The van der Waals surface area contributed by atoms with Crippen LogP contribution in [-0.4, -0.2) is 10.5 Å². The van der Waals surface area contributed by atoms with E-state index in [9.17, 15) is 4.39 Å². The number of rotatable bonds is 4. The van der Waals surface area contributed by atoms with Crippen LogP contribution >= 0.6 is 11.8 Å². The van der Waals surface area contributed by atoms with Crippen molar-refractivity contribution in [3.8, 4) is 0 Å². The summed E-state index contributed by atoms with van der Waals surface area (Å²) >= 11 is 1.81. The lowest BCUT2D eigenvalue weighted by Crippen LogP contribution is -2.31. The number of hydrazine groups is 1. The smallest absolute Gasteiger partial charge is 0.123 e. The summed E-state index contributed by atoms with van der Waals surface area (Å²) in [4.78, 5) is 0. The van der Waals surface area contributed by atoms with Gasteiger partial charge in [0.1, 0.15) is 5.82 Å². The van der Waals surface area contributed by atoms with Gasteiger partial charge in [-0.15, -0.1) is 0 Å². The maximum absolute atomic E-state index is 13.3. The fraction of sp³-hybridized carbons (Fsp3) is 0.538. The predicted octanol–water partition coefficient (Wildman–Crippen LogP) is 3.17. The number of halogens is 1. The molecule has 0 heterocycles. The molecule has 0 aliphatic carbocycles. The largest absolute Gasteiger partial charge is 0.271 e. The van der Waals surface area contributed by atoms with E-state index in [2.05, 4.69) is 26.2 Å². The first kappa shape index (κ1) is 14.5. The summed E-state index contributed by atoms with van der Waals surface area (Å²) in [6, 6.07) is 5.01. The lowest BCUT2D eigenvalue weighted by Gasteiger charge is -2.23. The molecule has 0 saturated heterocycles. The average molecular weight is 256 g/mol. The Morgan fingerprint density at radius 1 is 1.35 bits per heavy atom. The Labute approximate surface area is 107 Å². The molecule has 0 saturated carbocycles.